The van der Waals surface area contributed by atoms with E-state index in [1.807, 2.05) is 0 Å². The van der Waals surface area contributed by atoms with E-state index in [-0.39, 0.29) is 5.41 Å². The highest BCUT2D eigenvalue weighted by atomic mass is 15.1. The lowest BCUT2D eigenvalue weighted by molar-refractivity contribution is 0.261. The van der Waals surface area contributed by atoms with Crippen molar-refractivity contribution in [2.45, 2.75) is 44.7 Å². The van der Waals surface area contributed by atoms with Crippen molar-refractivity contribution in [1.29, 1.82) is 0 Å². The molecule has 2 saturated carbocycles. The minimum atomic E-state index is -0.488. The predicted octanol–water partition coefficient (Wildman–Crippen LogP) is 2.40. The molecular formula is C18H27N3. The molecule has 2 fully saturated rings. The van der Waals surface area contributed by atoms with Gasteiger partial charge in [0.1, 0.15) is 0 Å². The van der Waals surface area contributed by atoms with Gasteiger partial charge in [-0.2, -0.15) is 0 Å². The van der Waals surface area contributed by atoms with Gasteiger partial charge in [-0.1, -0.05) is 36.8 Å². The summed E-state index contributed by atoms with van der Waals surface area (Å²) in [5, 5.41) is 0. The molecular weight excluding hydrogens is 258 g/mol. The van der Waals surface area contributed by atoms with Crippen molar-refractivity contribution in [2.24, 2.45) is 46.3 Å². The predicted molar refractivity (Wildman–Crippen MR) is 85.8 cm³/mol. The van der Waals surface area contributed by atoms with Gasteiger partial charge in [0.2, 0.25) is 0 Å². The summed E-state index contributed by atoms with van der Waals surface area (Å²) >= 11 is 0. The van der Waals surface area contributed by atoms with Gasteiger partial charge in [0, 0.05) is 22.9 Å². The smallest absolute Gasteiger partial charge is 0.0711 e. The Morgan fingerprint density at radius 1 is 1.33 bits per heavy atom. The first-order valence-corrected chi connectivity index (χ1v) is 8.34. The third-order valence-corrected chi connectivity index (χ3v) is 6.83. The lowest BCUT2D eigenvalue weighted by Crippen LogP contribution is -2.41. The first kappa shape index (κ1) is 13.6. The van der Waals surface area contributed by atoms with Crippen LogP contribution in [0.5, 0.6) is 0 Å². The van der Waals surface area contributed by atoms with E-state index in [4.69, 9.17) is 17.2 Å². The quantitative estimate of drug-likeness (QED) is 0.511. The van der Waals surface area contributed by atoms with Crippen LogP contribution in [0.25, 0.3) is 0 Å². The fourth-order valence-corrected chi connectivity index (χ4v) is 5.57. The Hall–Kier alpha value is -1.06. The molecule has 3 nitrogen and oxygen atoms in total. The van der Waals surface area contributed by atoms with Crippen LogP contribution in [-0.4, -0.2) is 5.66 Å². The molecule has 2 bridgehead atoms. The number of rotatable bonds is 1. The molecule has 4 aliphatic carbocycles. The maximum atomic E-state index is 6.35. The molecule has 0 aromatic carbocycles. The SMILES string of the molecule is C=C1C2C=C(CC)CC3CC(N)=CC13CCC1C2C1(N)N. The molecule has 4 aliphatic rings. The second-order valence-corrected chi connectivity index (χ2v) is 7.77. The lowest BCUT2D eigenvalue weighted by atomic mass is 9.66. The van der Waals surface area contributed by atoms with Crippen LogP contribution in [0.15, 0.2) is 35.6 Å². The number of hydrogen-bond donors (Lipinski definition) is 3. The highest BCUT2D eigenvalue weighted by Gasteiger charge is 2.66. The van der Waals surface area contributed by atoms with Crippen LogP contribution in [0.3, 0.4) is 0 Å². The van der Waals surface area contributed by atoms with E-state index >= 15 is 0 Å². The normalized spacial score (nSPS) is 46.7. The van der Waals surface area contributed by atoms with Crippen LogP contribution in [0, 0.1) is 29.1 Å². The molecule has 0 aromatic heterocycles. The van der Waals surface area contributed by atoms with Crippen molar-refractivity contribution in [1.82, 2.24) is 0 Å². The van der Waals surface area contributed by atoms with Crippen LogP contribution in [0.2, 0.25) is 0 Å². The molecule has 4 rings (SSSR count). The molecule has 0 radical (unpaired) electrons. The molecule has 0 heterocycles. The topological polar surface area (TPSA) is 78.1 Å². The second-order valence-electron chi connectivity index (χ2n) is 7.77. The van der Waals surface area contributed by atoms with Gasteiger partial charge in [0.25, 0.3) is 0 Å². The van der Waals surface area contributed by atoms with Crippen molar-refractivity contribution in [3.05, 3.63) is 35.6 Å². The van der Waals surface area contributed by atoms with Crippen molar-refractivity contribution in [3.8, 4) is 0 Å². The van der Waals surface area contributed by atoms with Gasteiger partial charge in [-0.3, -0.25) is 0 Å². The molecule has 114 valence electrons. The van der Waals surface area contributed by atoms with Crippen molar-refractivity contribution < 1.29 is 0 Å². The minimum Gasteiger partial charge on any atom is -0.402 e. The molecule has 5 atom stereocenters. The Kier molecular flexibility index (Phi) is 2.60. The Morgan fingerprint density at radius 3 is 2.81 bits per heavy atom. The molecule has 0 amide bonds. The van der Waals surface area contributed by atoms with Gasteiger partial charge in [0.05, 0.1) is 5.66 Å². The standard InChI is InChI=1S/C18H27N3/c1-3-11-6-12-8-13(19)9-17(12)5-4-15-16(18(15,20)21)14(7-11)10(17)2/h7,9,12,14-16H,2-6,8,19-21H2,1H3. The van der Waals surface area contributed by atoms with E-state index in [1.54, 1.807) is 5.57 Å². The van der Waals surface area contributed by atoms with Crippen LogP contribution < -0.4 is 17.2 Å². The van der Waals surface area contributed by atoms with E-state index in [1.165, 1.54) is 5.57 Å². The third-order valence-electron chi connectivity index (χ3n) is 6.83. The van der Waals surface area contributed by atoms with E-state index < -0.39 is 5.66 Å². The molecule has 21 heavy (non-hydrogen) atoms. The Balaban J connectivity index is 1.83. The number of allylic oxidation sites excluding steroid dienone is 5. The van der Waals surface area contributed by atoms with Crippen LogP contribution >= 0.6 is 0 Å². The highest BCUT2D eigenvalue weighted by Crippen LogP contribution is 2.66. The summed E-state index contributed by atoms with van der Waals surface area (Å²) in [6.45, 7) is 6.79. The molecule has 6 N–H and O–H groups in total. The first-order valence-electron chi connectivity index (χ1n) is 8.34. The van der Waals surface area contributed by atoms with Crippen LogP contribution in [-0.2, 0) is 0 Å². The molecule has 0 aliphatic heterocycles. The van der Waals surface area contributed by atoms with Crippen LogP contribution in [0.4, 0.5) is 0 Å². The molecule has 0 saturated heterocycles. The van der Waals surface area contributed by atoms with E-state index in [2.05, 4.69) is 25.7 Å². The zero-order chi connectivity index (χ0) is 15.0. The molecule has 0 aromatic rings. The van der Waals surface area contributed by atoms with E-state index in [9.17, 15) is 0 Å². The first-order chi connectivity index (χ1) is 9.90. The summed E-state index contributed by atoms with van der Waals surface area (Å²) in [7, 11) is 0. The minimum absolute atomic E-state index is 0.103. The van der Waals surface area contributed by atoms with Crippen molar-refractivity contribution >= 4 is 0 Å². The van der Waals surface area contributed by atoms with Gasteiger partial charge >= 0.3 is 0 Å². The van der Waals surface area contributed by atoms with E-state index in [0.717, 1.165) is 37.8 Å². The monoisotopic (exact) mass is 285 g/mol. The Bertz CT molecular complexity index is 571. The lowest BCUT2D eigenvalue weighted by Gasteiger charge is -2.37. The maximum absolute atomic E-state index is 6.35. The van der Waals surface area contributed by atoms with E-state index in [0.29, 0.717) is 23.7 Å². The van der Waals surface area contributed by atoms with Gasteiger partial charge < -0.3 is 17.2 Å². The highest BCUT2D eigenvalue weighted by molar-refractivity contribution is 5.41. The van der Waals surface area contributed by atoms with Crippen LogP contribution in [0.1, 0.15) is 39.0 Å². The summed E-state index contributed by atoms with van der Waals surface area (Å²) in [5.74, 6) is 1.76. The largest absolute Gasteiger partial charge is 0.402 e. The molecule has 5 unspecified atom stereocenters. The zero-order valence-corrected chi connectivity index (χ0v) is 12.9. The third kappa shape index (κ3) is 1.62. The number of hydrogen-bond acceptors (Lipinski definition) is 3. The second kappa shape index (κ2) is 4.02. The average Bonchev–Trinajstić information content (AvgIpc) is 2.89. The summed E-state index contributed by atoms with van der Waals surface area (Å²) in [6, 6.07) is 0. The van der Waals surface area contributed by atoms with Crippen molar-refractivity contribution in [2.75, 3.05) is 0 Å². The Morgan fingerprint density at radius 2 is 2.10 bits per heavy atom. The Labute approximate surface area is 127 Å². The summed E-state index contributed by atoms with van der Waals surface area (Å²) in [5.41, 5.74) is 22.5. The van der Waals surface area contributed by atoms with Gasteiger partial charge in [-0.25, -0.2) is 0 Å². The summed E-state index contributed by atoms with van der Waals surface area (Å²) in [6.07, 6.45) is 10.3. The fourth-order valence-electron chi connectivity index (χ4n) is 5.57. The summed E-state index contributed by atoms with van der Waals surface area (Å²) < 4.78 is 0. The van der Waals surface area contributed by atoms with Gasteiger partial charge in [0.15, 0.2) is 0 Å². The average molecular weight is 285 g/mol. The van der Waals surface area contributed by atoms with Gasteiger partial charge in [-0.15, -0.1) is 0 Å². The molecule has 3 heteroatoms. The fraction of sp³-hybridized carbons (Fsp3) is 0.667. The number of fused-ring (bicyclic) bond motifs is 3. The zero-order valence-electron chi connectivity index (χ0n) is 12.9. The summed E-state index contributed by atoms with van der Waals surface area (Å²) in [4.78, 5) is 0. The maximum Gasteiger partial charge on any atom is 0.0711 e. The van der Waals surface area contributed by atoms with Gasteiger partial charge in [-0.05, 0) is 43.9 Å². The van der Waals surface area contributed by atoms with Crippen molar-refractivity contribution in [3.63, 3.8) is 0 Å². The molecule has 1 spiro atoms. The number of nitrogens with two attached hydrogens (primary N) is 3.